The summed E-state index contributed by atoms with van der Waals surface area (Å²) in [5.41, 5.74) is -0.477. The quantitative estimate of drug-likeness (QED) is 0.802. The van der Waals surface area contributed by atoms with Gasteiger partial charge in [0.1, 0.15) is 5.60 Å². The summed E-state index contributed by atoms with van der Waals surface area (Å²) in [5.74, 6) is 0. The molecule has 8 heteroatoms. The van der Waals surface area contributed by atoms with Crippen LogP contribution in [-0.4, -0.2) is 66.4 Å². The van der Waals surface area contributed by atoms with Crippen molar-refractivity contribution in [2.24, 2.45) is 5.14 Å². The van der Waals surface area contributed by atoms with Crippen LogP contribution in [-0.2, 0) is 14.8 Å². The standard InChI is InChI=1S/C15H27N3O4S/c1-15(2,3)22-14(19)17-8-12(9-17)18-10-4-5-11(18)7-13(6-10)23(16,20)21/h10-13H,4-9H2,1-3H3,(H2,16,20,21). The van der Waals surface area contributed by atoms with Gasteiger partial charge in [0.2, 0.25) is 10.0 Å². The van der Waals surface area contributed by atoms with Gasteiger partial charge in [-0.15, -0.1) is 0 Å². The summed E-state index contributed by atoms with van der Waals surface area (Å²) < 4.78 is 28.6. The highest BCUT2D eigenvalue weighted by atomic mass is 32.2. The van der Waals surface area contributed by atoms with E-state index in [1.807, 2.05) is 20.8 Å². The van der Waals surface area contributed by atoms with Crippen LogP contribution >= 0.6 is 0 Å². The fraction of sp³-hybridized carbons (Fsp3) is 0.933. The first-order valence-electron chi connectivity index (χ1n) is 8.31. The number of ether oxygens (including phenoxy) is 1. The first kappa shape index (κ1) is 17.0. The Morgan fingerprint density at radius 1 is 1.09 bits per heavy atom. The van der Waals surface area contributed by atoms with Crippen molar-refractivity contribution in [1.82, 2.24) is 9.80 Å². The maximum absolute atomic E-state index is 12.0. The normalized spacial score (nSPS) is 32.7. The lowest BCUT2D eigenvalue weighted by Crippen LogP contribution is -2.65. The molecule has 0 aromatic carbocycles. The summed E-state index contributed by atoms with van der Waals surface area (Å²) >= 11 is 0. The minimum Gasteiger partial charge on any atom is -0.444 e. The highest BCUT2D eigenvalue weighted by Gasteiger charge is 2.50. The molecule has 3 aliphatic heterocycles. The number of hydrogen-bond acceptors (Lipinski definition) is 5. The van der Waals surface area contributed by atoms with Crippen LogP contribution in [0.5, 0.6) is 0 Å². The SMILES string of the molecule is CC(C)(C)OC(=O)N1CC(N2C3CCC2CC(S(N)(=O)=O)C3)C1. The van der Waals surface area contributed by atoms with Gasteiger partial charge in [-0.05, 0) is 46.5 Å². The van der Waals surface area contributed by atoms with Crippen LogP contribution in [0.25, 0.3) is 0 Å². The van der Waals surface area contributed by atoms with Crippen LogP contribution < -0.4 is 5.14 Å². The molecule has 3 rings (SSSR count). The van der Waals surface area contributed by atoms with Crippen molar-refractivity contribution in [2.45, 2.75) is 75.4 Å². The Hall–Kier alpha value is -0.860. The zero-order valence-electron chi connectivity index (χ0n) is 14.1. The molecule has 2 unspecified atom stereocenters. The molecule has 23 heavy (non-hydrogen) atoms. The maximum Gasteiger partial charge on any atom is 0.410 e. The van der Waals surface area contributed by atoms with Gasteiger partial charge < -0.3 is 9.64 Å². The number of sulfonamides is 1. The Kier molecular flexibility index (Phi) is 4.13. The van der Waals surface area contributed by atoms with E-state index in [2.05, 4.69) is 4.90 Å². The van der Waals surface area contributed by atoms with Crippen LogP contribution in [0.15, 0.2) is 0 Å². The minimum absolute atomic E-state index is 0.263. The number of hydrogen-bond donors (Lipinski definition) is 1. The molecule has 2 N–H and O–H groups in total. The van der Waals surface area contributed by atoms with Crippen molar-refractivity contribution >= 4 is 16.1 Å². The van der Waals surface area contributed by atoms with Crippen LogP contribution in [0.4, 0.5) is 4.79 Å². The smallest absolute Gasteiger partial charge is 0.410 e. The average molecular weight is 345 g/mol. The summed E-state index contributed by atoms with van der Waals surface area (Å²) in [7, 11) is -3.45. The highest BCUT2D eigenvalue weighted by Crippen LogP contribution is 2.40. The van der Waals surface area contributed by atoms with E-state index in [0.717, 1.165) is 12.8 Å². The van der Waals surface area contributed by atoms with Crippen molar-refractivity contribution in [3.05, 3.63) is 0 Å². The summed E-state index contributed by atoms with van der Waals surface area (Å²) in [4.78, 5) is 16.2. The molecule has 1 amide bonds. The van der Waals surface area contributed by atoms with E-state index >= 15 is 0 Å². The Morgan fingerprint density at radius 3 is 2.04 bits per heavy atom. The molecule has 0 aromatic heterocycles. The van der Waals surface area contributed by atoms with Crippen LogP contribution in [0, 0.1) is 0 Å². The van der Waals surface area contributed by atoms with Crippen molar-refractivity contribution in [1.29, 1.82) is 0 Å². The highest BCUT2D eigenvalue weighted by molar-refractivity contribution is 7.89. The molecule has 132 valence electrons. The minimum atomic E-state index is -3.45. The second-order valence-corrected chi connectivity index (χ2v) is 9.90. The van der Waals surface area contributed by atoms with E-state index < -0.39 is 20.9 Å². The van der Waals surface area contributed by atoms with Gasteiger partial charge in [-0.3, -0.25) is 4.90 Å². The van der Waals surface area contributed by atoms with Crippen molar-refractivity contribution < 1.29 is 17.9 Å². The number of nitrogens with zero attached hydrogens (tertiary/aromatic N) is 2. The van der Waals surface area contributed by atoms with E-state index in [-0.39, 0.29) is 18.2 Å². The first-order valence-corrected chi connectivity index (χ1v) is 9.92. The Bertz CT molecular complexity index is 566. The van der Waals surface area contributed by atoms with Gasteiger partial charge in [0.15, 0.2) is 0 Å². The Labute approximate surface area is 138 Å². The number of rotatable bonds is 2. The number of carbonyl (C=O) groups excluding carboxylic acids is 1. The predicted octanol–water partition coefficient (Wildman–Crippen LogP) is 0.890. The van der Waals surface area contributed by atoms with Gasteiger partial charge in [0, 0.05) is 31.2 Å². The molecular weight excluding hydrogens is 318 g/mol. The lowest BCUT2D eigenvalue weighted by Gasteiger charge is -2.50. The number of likely N-dealkylation sites (tertiary alicyclic amines) is 1. The molecule has 3 aliphatic rings. The number of primary sulfonamides is 1. The van der Waals surface area contributed by atoms with Crippen molar-refractivity contribution in [2.75, 3.05) is 13.1 Å². The van der Waals surface area contributed by atoms with Gasteiger partial charge in [0.05, 0.1) is 5.25 Å². The Morgan fingerprint density at radius 2 is 1.61 bits per heavy atom. The van der Waals surface area contributed by atoms with E-state index in [1.54, 1.807) is 4.90 Å². The number of carbonyl (C=O) groups is 1. The Balaban J connectivity index is 1.56. The van der Waals surface area contributed by atoms with Crippen LogP contribution in [0.3, 0.4) is 0 Å². The molecule has 3 fully saturated rings. The van der Waals surface area contributed by atoms with Crippen molar-refractivity contribution in [3.63, 3.8) is 0 Å². The molecule has 0 aromatic rings. The fourth-order valence-corrected chi connectivity index (χ4v) is 5.13. The van der Waals surface area contributed by atoms with Gasteiger partial charge in [-0.1, -0.05) is 0 Å². The zero-order valence-corrected chi connectivity index (χ0v) is 14.9. The zero-order chi connectivity index (χ0) is 17.0. The van der Waals surface area contributed by atoms with Gasteiger partial charge in [0.25, 0.3) is 0 Å². The van der Waals surface area contributed by atoms with Crippen LogP contribution in [0.1, 0.15) is 46.5 Å². The average Bonchev–Trinajstić information content (AvgIpc) is 2.56. The summed E-state index contributed by atoms with van der Waals surface area (Å²) in [6.07, 6.45) is 3.04. The molecule has 0 saturated carbocycles. The first-order chi connectivity index (χ1) is 10.5. The lowest BCUT2D eigenvalue weighted by atomic mass is 9.96. The summed E-state index contributed by atoms with van der Waals surface area (Å²) in [5, 5.41) is 4.93. The van der Waals surface area contributed by atoms with Crippen molar-refractivity contribution in [3.8, 4) is 0 Å². The molecule has 0 aliphatic carbocycles. The predicted molar refractivity (Wildman–Crippen MR) is 86.4 cm³/mol. The van der Waals surface area contributed by atoms with Crippen LogP contribution in [0.2, 0.25) is 0 Å². The third kappa shape index (κ3) is 3.49. The molecule has 0 radical (unpaired) electrons. The fourth-order valence-electron chi connectivity index (χ4n) is 4.15. The molecular formula is C15H27N3O4S. The van der Waals surface area contributed by atoms with Gasteiger partial charge >= 0.3 is 6.09 Å². The van der Waals surface area contributed by atoms with E-state index in [4.69, 9.17) is 9.88 Å². The largest absolute Gasteiger partial charge is 0.444 e. The third-order valence-electron chi connectivity index (χ3n) is 5.15. The number of nitrogens with two attached hydrogens (primary N) is 1. The van der Waals surface area contributed by atoms with E-state index in [0.29, 0.717) is 32.0 Å². The molecule has 3 saturated heterocycles. The van der Waals surface area contributed by atoms with E-state index in [1.165, 1.54) is 0 Å². The lowest BCUT2D eigenvalue weighted by molar-refractivity contribution is -0.0339. The third-order valence-corrected chi connectivity index (χ3v) is 6.46. The second kappa shape index (κ2) is 5.60. The molecule has 2 atom stereocenters. The monoisotopic (exact) mass is 345 g/mol. The van der Waals surface area contributed by atoms with E-state index in [9.17, 15) is 13.2 Å². The molecule has 7 nitrogen and oxygen atoms in total. The molecule has 0 spiro atoms. The summed E-state index contributed by atoms with van der Waals surface area (Å²) in [6.45, 7) is 6.92. The number of fused-ring (bicyclic) bond motifs is 2. The van der Waals surface area contributed by atoms with Gasteiger partial charge in [-0.25, -0.2) is 18.4 Å². The number of piperidine rings is 1. The summed E-state index contributed by atoms with van der Waals surface area (Å²) in [6, 6.07) is 0.882. The number of amides is 1. The van der Waals surface area contributed by atoms with Gasteiger partial charge in [-0.2, -0.15) is 0 Å². The molecule has 2 bridgehead atoms. The topological polar surface area (TPSA) is 92.9 Å². The second-order valence-electron chi connectivity index (χ2n) is 8.05. The maximum atomic E-state index is 12.0. The molecule has 3 heterocycles.